The molecule has 0 amide bonds. The summed E-state index contributed by atoms with van der Waals surface area (Å²) < 4.78 is 2.01. The van der Waals surface area contributed by atoms with Crippen LogP contribution in [0, 0.1) is 0 Å². The van der Waals surface area contributed by atoms with Gasteiger partial charge in [0.1, 0.15) is 0 Å². The molecule has 0 radical (unpaired) electrons. The molecule has 1 fully saturated rings. The van der Waals surface area contributed by atoms with E-state index in [2.05, 4.69) is 32.7 Å². The molecule has 1 saturated carbocycles. The molecule has 18 heavy (non-hydrogen) atoms. The molecule has 0 aromatic carbocycles. The van der Waals surface area contributed by atoms with E-state index in [9.17, 15) is 0 Å². The molecular formula is C14H20N4. The van der Waals surface area contributed by atoms with Crippen LogP contribution in [-0.2, 0) is 0 Å². The van der Waals surface area contributed by atoms with E-state index in [1.807, 2.05) is 10.7 Å². The number of fused-ring (bicyclic) bond motifs is 1. The molecule has 0 bridgehead atoms. The van der Waals surface area contributed by atoms with Crippen LogP contribution in [0.1, 0.15) is 75.5 Å². The van der Waals surface area contributed by atoms with Gasteiger partial charge >= 0.3 is 0 Å². The van der Waals surface area contributed by atoms with E-state index < -0.39 is 0 Å². The average molecular weight is 244 g/mol. The number of hydrogen-bond acceptors (Lipinski definition) is 3. The summed E-state index contributed by atoms with van der Waals surface area (Å²) in [7, 11) is 0. The number of nitrogens with zero attached hydrogens (tertiary/aromatic N) is 4. The minimum atomic E-state index is 0.385. The monoisotopic (exact) mass is 244 g/mol. The lowest BCUT2D eigenvalue weighted by Crippen LogP contribution is -2.09. The second-order valence-electron chi connectivity index (χ2n) is 5.86. The summed E-state index contributed by atoms with van der Waals surface area (Å²) in [6.07, 6.45) is 4.40. The summed E-state index contributed by atoms with van der Waals surface area (Å²) in [6.45, 7) is 8.69. The van der Waals surface area contributed by atoms with Gasteiger partial charge in [0, 0.05) is 5.92 Å². The van der Waals surface area contributed by atoms with Crippen molar-refractivity contribution in [1.29, 1.82) is 0 Å². The topological polar surface area (TPSA) is 43.1 Å². The molecule has 3 rings (SSSR count). The van der Waals surface area contributed by atoms with Gasteiger partial charge in [0.05, 0.1) is 17.6 Å². The van der Waals surface area contributed by atoms with Gasteiger partial charge in [-0.1, -0.05) is 27.7 Å². The van der Waals surface area contributed by atoms with Crippen molar-refractivity contribution in [1.82, 2.24) is 19.6 Å². The van der Waals surface area contributed by atoms with Crippen LogP contribution >= 0.6 is 0 Å². The summed E-state index contributed by atoms with van der Waals surface area (Å²) >= 11 is 0. The molecule has 4 heteroatoms. The SMILES string of the molecule is CC(C)c1nc(C2CC2)nn2c(C(C)C)cnc12. The molecule has 2 heterocycles. The predicted molar refractivity (Wildman–Crippen MR) is 70.9 cm³/mol. The van der Waals surface area contributed by atoms with Gasteiger partial charge in [0.15, 0.2) is 11.5 Å². The molecule has 2 aromatic heterocycles. The van der Waals surface area contributed by atoms with Crippen LogP contribution < -0.4 is 0 Å². The van der Waals surface area contributed by atoms with Crippen LogP contribution in [0.25, 0.3) is 5.65 Å². The highest BCUT2D eigenvalue weighted by molar-refractivity contribution is 5.46. The second-order valence-corrected chi connectivity index (χ2v) is 5.86. The van der Waals surface area contributed by atoms with Crippen molar-refractivity contribution in [3.63, 3.8) is 0 Å². The Bertz CT molecular complexity index is 579. The van der Waals surface area contributed by atoms with Gasteiger partial charge in [0.25, 0.3) is 0 Å². The van der Waals surface area contributed by atoms with E-state index in [-0.39, 0.29) is 0 Å². The average Bonchev–Trinajstić information content (AvgIpc) is 3.07. The van der Waals surface area contributed by atoms with E-state index in [0.29, 0.717) is 17.8 Å². The molecular weight excluding hydrogens is 224 g/mol. The highest BCUT2D eigenvalue weighted by Crippen LogP contribution is 2.38. The summed E-state index contributed by atoms with van der Waals surface area (Å²) in [6, 6.07) is 0. The first-order chi connectivity index (χ1) is 8.58. The zero-order chi connectivity index (χ0) is 12.9. The smallest absolute Gasteiger partial charge is 0.175 e. The summed E-state index contributed by atoms with van der Waals surface area (Å²) in [5, 5.41) is 4.70. The number of imidazole rings is 1. The van der Waals surface area contributed by atoms with E-state index in [1.165, 1.54) is 18.5 Å². The lowest BCUT2D eigenvalue weighted by atomic mass is 10.1. The fourth-order valence-corrected chi connectivity index (χ4v) is 2.23. The maximum absolute atomic E-state index is 4.74. The number of hydrogen-bond donors (Lipinski definition) is 0. The van der Waals surface area contributed by atoms with Crippen molar-refractivity contribution in [3.8, 4) is 0 Å². The fraction of sp³-hybridized carbons (Fsp3) is 0.643. The van der Waals surface area contributed by atoms with Crippen LogP contribution in [0.3, 0.4) is 0 Å². The van der Waals surface area contributed by atoms with E-state index in [0.717, 1.165) is 17.2 Å². The molecule has 0 spiro atoms. The highest BCUT2D eigenvalue weighted by Gasteiger charge is 2.29. The summed E-state index contributed by atoms with van der Waals surface area (Å²) in [5.41, 5.74) is 3.19. The van der Waals surface area contributed by atoms with E-state index in [4.69, 9.17) is 10.1 Å². The largest absolute Gasteiger partial charge is 0.234 e. The Balaban J connectivity index is 2.25. The van der Waals surface area contributed by atoms with Gasteiger partial charge < -0.3 is 0 Å². The molecule has 0 atom stereocenters. The first kappa shape index (κ1) is 11.6. The Morgan fingerprint density at radius 3 is 2.44 bits per heavy atom. The highest BCUT2D eigenvalue weighted by atomic mass is 15.3. The molecule has 1 aliphatic carbocycles. The van der Waals surface area contributed by atoms with Crippen molar-refractivity contribution in [2.45, 2.75) is 58.3 Å². The normalized spacial score (nSPS) is 16.1. The second kappa shape index (κ2) is 4.04. The Morgan fingerprint density at radius 1 is 1.17 bits per heavy atom. The fourth-order valence-electron chi connectivity index (χ4n) is 2.23. The van der Waals surface area contributed by atoms with Gasteiger partial charge in [-0.15, -0.1) is 0 Å². The molecule has 96 valence electrons. The number of rotatable bonds is 3. The Hall–Kier alpha value is -1.45. The minimum absolute atomic E-state index is 0.385. The zero-order valence-electron chi connectivity index (χ0n) is 11.5. The maximum Gasteiger partial charge on any atom is 0.175 e. The summed E-state index contributed by atoms with van der Waals surface area (Å²) in [5.74, 6) is 2.40. The van der Waals surface area contributed by atoms with Crippen molar-refractivity contribution < 1.29 is 0 Å². The molecule has 0 saturated heterocycles. The first-order valence-corrected chi connectivity index (χ1v) is 6.83. The van der Waals surface area contributed by atoms with Crippen LogP contribution in [0.4, 0.5) is 0 Å². The van der Waals surface area contributed by atoms with Crippen molar-refractivity contribution in [3.05, 3.63) is 23.4 Å². The lowest BCUT2D eigenvalue weighted by Gasteiger charge is -2.10. The van der Waals surface area contributed by atoms with Crippen molar-refractivity contribution in [2.75, 3.05) is 0 Å². The molecule has 0 aliphatic heterocycles. The minimum Gasteiger partial charge on any atom is -0.234 e. The Morgan fingerprint density at radius 2 is 1.89 bits per heavy atom. The quantitative estimate of drug-likeness (QED) is 0.832. The standard InChI is InChI=1S/C14H20N4/c1-8(2)11-7-15-14-12(9(3)4)16-13(10-5-6-10)17-18(11)14/h7-10H,5-6H2,1-4H3. The summed E-state index contributed by atoms with van der Waals surface area (Å²) in [4.78, 5) is 9.26. The third-order valence-electron chi connectivity index (χ3n) is 3.51. The van der Waals surface area contributed by atoms with Crippen LogP contribution in [0.2, 0.25) is 0 Å². The molecule has 0 unspecified atom stereocenters. The van der Waals surface area contributed by atoms with E-state index >= 15 is 0 Å². The zero-order valence-corrected chi connectivity index (χ0v) is 11.5. The Kier molecular flexibility index (Phi) is 2.61. The number of aromatic nitrogens is 4. The predicted octanol–water partition coefficient (Wildman–Crippen LogP) is 3.25. The van der Waals surface area contributed by atoms with Gasteiger partial charge in [-0.3, -0.25) is 0 Å². The first-order valence-electron chi connectivity index (χ1n) is 6.83. The van der Waals surface area contributed by atoms with Crippen LogP contribution in [-0.4, -0.2) is 19.6 Å². The third kappa shape index (κ3) is 1.80. The third-order valence-corrected chi connectivity index (χ3v) is 3.51. The van der Waals surface area contributed by atoms with E-state index in [1.54, 1.807) is 0 Å². The lowest BCUT2D eigenvalue weighted by molar-refractivity contribution is 0.693. The van der Waals surface area contributed by atoms with Crippen molar-refractivity contribution >= 4 is 5.65 Å². The molecule has 0 N–H and O–H groups in total. The maximum atomic E-state index is 4.74. The molecule has 4 nitrogen and oxygen atoms in total. The van der Waals surface area contributed by atoms with Gasteiger partial charge in [-0.25, -0.2) is 14.5 Å². The molecule has 2 aromatic rings. The van der Waals surface area contributed by atoms with Gasteiger partial charge in [0.2, 0.25) is 0 Å². The van der Waals surface area contributed by atoms with Crippen LogP contribution in [0.5, 0.6) is 0 Å². The van der Waals surface area contributed by atoms with Crippen LogP contribution in [0.15, 0.2) is 6.20 Å². The molecule has 1 aliphatic rings. The van der Waals surface area contributed by atoms with Crippen molar-refractivity contribution in [2.24, 2.45) is 0 Å². The van der Waals surface area contributed by atoms with Gasteiger partial charge in [-0.05, 0) is 24.7 Å². The van der Waals surface area contributed by atoms with Gasteiger partial charge in [-0.2, -0.15) is 5.10 Å². The Labute approximate surface area is 107 Å².